The molecule has 11 heteroatoms. The van der Waals surface area contributed by atoms with Crippen molar-refractivity contribution in [2.45, 2.75) is 11.0 Å². The summed E-state index contributed by atoms with van der Waals surface area (Å²) in [5.41, 5.74) is 0.371. The number of hydrogen-bond donors (Lipinski definition) is 1. The molecule has 0 bridgehead atoms. The summed E-state index contributed by atoms with van der Waals surface area (Å²) >= 11 is 0. The van der Waals surface area contributed by atoms with Crippen LogP contribution >= 0.6 is 0 Å². The third-order valence-electron chi connectivity index (χ3n) is 3.60. The van der Waals surface area contributed by atoms with Gasteiger partial charge in [-0.2, -0.15) is 4.80 Å². The number of aromatic nitrogens is 4. The normalized spacial score (nSPS) is 18.6. The van der Waals surface area contributed by atoms with E-state index in [2.05, 4.69) is 15.4 Å². The zero-order chi connectivity index (χ0) is 17.3. The zero-order valence-corrected chi connectivity index (χ0v) is 13.7. The van der Waals surface area contributed by atoms with Crippen LogP contribution in [0.5, 0.6) is 0 Å². The first kappa shape index (κ1) is 16.5. The maximum Gasteiger partial charge on any atom is 0.254 e. The summed E-state index contributed by atoms with van der Waals surface area (Å²) in [5, 5.41) is 16.8. The number of tetrazole rings is 1. The SMILES string of the molecule is Cn1nnc(C2CN(C(=O)c3ccc(S(N)(=O)=O)cc3)CCO2)n1. The van der Waals surface area contributed by atoms with Gasteiger partial charge in [-0.25, -0.2) is 13.6 Å². The van der Waals surface area contributed by atoms with Gasteiger partial charge in [-0.1, -0.05) is 0 Å². The van der Waals surface area contributed by atoms with Crippen LogP contribution in [0.25, 0.3) is 0 Å². The molecule has 1 fully saturated rings. The van der Waals surface area contributed by atoms with E-state index < -0.39 is 16.1 Å². The number of ether oxygens (including phenoxy) is 1. The molecule has 1 aliphatic rings. The van der Waals surface area contributed by atoms with Crippen molar-refractivity contribution in [2.75, 3.05) is 19.7 Å². The van der Waals surface area contributed by atoms with Crippen LogP contribution in [0.15, 0.2) is 29.2 Å². The Hall–Kier alpha value is -2.37. The molecular weight excluding hydrogens is 336 g/mol. The summed E-state index contributed by atoms with van der Waals surface area (Å²) in [6.07, 6.45) is -0.444. The van der Waals surface area contributed by atoms with Gasteiger partial charge in [0.05, 0.1) is 25.1 Å². The number of benzene rings is 1. The maximum absolute atomic E-state index is 12.6. The van der Waals surface area contributed by atoms with Crippen molar-refractivity contribution in [3.8, 4) is 0 Å². The van der Waals surface area contributed by atoms with Gasteiger partial charge in [-0.05, 0) is 29.5 Å². The van der Waals surface area contributed by atoms with Crippen LogP contribution in [0.4, 0.5) is 0 Å². The Morgan fingerprint density at radius 2 is 2.04 bits per heavy atom. The smallest absolute Gasteiger partial charge is 0.254 e. The fourth-order valence-corrected chi connectivity index (χ4v) is 2.90. The minimum atomic E-state index is -3.78. The molecule has 0 aliphatic carbocycles. The van der Waals surface area contributed by atoms with E-state index in [9.17, 15) is 13.2 Å². The lowest BCUT2D eigenvalue weighted by Crippen LogP contribution is -2.42. The summed E-state index contributed by atoms with van der Waals surface area (Å²) in [6.45, 7) is 1.07. The second-order valence-corrected chi connectivity index (χ2v) is 6.88. The molecule has 1 atom stereocenters. The van der Waals surface area contributed by atoms with Crippen LogP contribution in [-0.2, 0) is 21.8 Å². The van der Waals surface area contributed by atoms with Crippen molar-refractivity contribution < 1.29 is 17.9 Å². The molecule has 1 aromatic carbocycles. The van der Waals surface area contributed by atoms with Gasteiger partial charge in [0.1, 0.15) is 6.10 Å². The fraction of sp³-hybridized carbons (Fsp3) is 0.385. The molecule has 2 N–H and O–H groups in total. The lowest BCUT2D eigenvalue weighted by molar-refractivity contribution is -0.0269. The van der Waals surface area contributed by atoms with E-state index in [1.807, 2.05) is 0 Å². The molecule has 10 nitrogen and oxygen atoms in total. The predicted octanol–water partition coefficient (Wildman–Crippen LogP) is -0.929. The Labute approximate surface area is 138 Å². The van der Waals surface area contributed by atoms with Crippen molar-refractivity contribution in [3.05, 3.63) is 35.7 Å². The number of sulfonamides is 1. The molecule has 0 radical (unpaired) electrons. The van der Waals surface area contributed by atoms with E-state index in [1.54, 1.807) is 11.9 Å². The average molecular weight is 352 g/mol. The van der Waals surface area contributed by atoms with Gasteiger partial charge in [0, 0.05) is 12.1 Å². The number of nitrogens with zero attached hydrogens (tertiary/aromatic N) is 5. The summed E-state index contributed by atoms with van der Waals surface area (Å²) in [6, 6.07) is 5.50. The first-order valence-corrected chi connectivity index (χ1v) is 8.67. The van der Waals surface area contributed by atoms with E-state index in [0.717, 1.165) is 0 Å². The number of primary sulfonamides is 1. The van der Waals surface area contributed by atoms with Crippen LogP contribution in [0.2, 0.25) is 0 Å². The molecule has 1 unspecified atom stereocenters. The highest BCUT2D eigenvalue weighted by Crippen LogP contribution is 2.20. The third kappa shape index (κ3) is 3.42. The topological polar surface area (TPSA) is 133 Å². The second-order valence-electron chi connectivity index (χ2n) is 5.32. The number of carbonyl (C=O) groups is 1. The maximum atomic E-state index is 12.6. The molecule has 1 aromatic heterocycles. The van der Waals surface area contributed by atoms with Crippen LogP contribution in [0.3, 0.4) is 0 Å². The summed E-state index contributed by atoms with van der Waals surface area (Å²) in [4.78, 5) is 15.5. The molecule has 24 heavy (non-hydrogen) atoms. The van der Waals surface area contributed by atoms with E-state index in [-0.39, 0.29) is 10.8 Å². The molecular formula is C13H16N6O4S. The van der Waals surface area contributed by atoms with Gasteiger partial charge in [0.25, 0.3) is 5.91 Å². The Balaban J connectivity index is 1.74. The van der Waals surface area contributed by atoms with E-state index in [1.165, 1.54) is 29.1 Å². The highest BCUT2D eigenvalue weighted by atomic mass is 32.2. The second kappa shape index (κ2) is 6.26. The van der Waals surface area contributed by atoms with Crippen molar-refractivity contribution in [1.29, 1.82) is 0 Å². The molecule has 1 saturated heterocycles. The number of amides is 1. The Morgan fingerprint density at radius 3 is 2.62 bits per heavy atom. The zero-order valence-electron chi connectivity index (χ0n) is 12.9. The minimum Gasteiger partial charge on any atom is -0.366 e. The van der Waals surface area contributed by atoms with E-state index in [0.29, 0.717) is 31.1 Å². The van der Waals surface area contributed by atoms with E-state index >= 15 is 0 Å². The lowest BCUT2D eigenvalue weighted by atomic mass is 10.1. The summed E-state index contributed by atoms with van der Waals surface area (Å²) < 4.78 is 28.1. The highest BCUT2D eigenvalue weighted by molar-refractivity contribution is 7.89. The number of carbonyl (C=O) groups excluding carboxylic acids is 1. The number of hydrogen-bond acceptors (Lipinski definition) is 7. The predicted molar refractivity (Wildman–Crippen MR) is 81.2 cm³/mol. The molecule has 0 spiro atoms. The standard InChI is InChI=1S/C13H16N6O4S/c1-18-16-12(15-17-18)11-8-19(6-7-23-11)13(20)9-2-4-10(5-3-9)24(14,21)22/h2-5,11H,6-8H2,1H3,(H2,14,21,22). The highest BCUT2D eigenvalue weighted by Gasteiger charge is 2.29. The molecule has 0 saturated carbocycles. The van der Waals surface area contributed by atoms with E-state index in [4.69, 9.17) is 9.88 Å². The summed E-state index contributed by atoms with van der Waals surface area (Å²) in [5.74, 6) is 0.188. The minimum absolute atomic E-state index is 0.0392. The molecule has 1 amide bonds. The van der Waals surface area contributed by atoms with Crippen LogP contribution in [0, 0.1) is 0 Å². The van der Waals surface area contributed by atoms with Gasteiger partial charge in [-0.15, -0.1) is 10.2 Å². The van der Waals surface area contributed by atoms with Gasteiger partial charge < -0.3 is 9.64 Å². The number of nitrogens with two attached hydrogens (primary N) is 1. The van der Waals surface area contributed by atoms with Crippen LogP contribution in [-0.4, -0.2) is 59.1 Å². The van der Waals surface area contributed by atoms with Gasteiger partial charge >= 0.3 is 0 Å². The number of rotatable bonds is 3. The van der Waals surface area contributed by atoms with Crippen molar-refractivity contribution in [1.82, 2.24) is 25.1 Å². The number of aryl methyl sites for hydroxylation is 1. The fourth-order valence-electron chi connectivity index (χ4n) is 2.39. The monoisotopic (exact) mass is 352 g/mol. The van der Waals surface area contributed by atoms with Crippen molar-refractivity contribution >= 4 is 15.9 Å². The lowest BCUT2D eigenvalue weighted by Gasteiger charge is -2.31. The molecule has 2 aromatic rings. The molecule has 1 aliphatic heterocycles. The van der Waals surface area contributed by atoms with Gasteiger partial charge in [0.2, 0.25) is 15.8 Å². The first-order chi connectivity index (χ1) is 11.3. The van der Waals surface area contributed by atoms with Gasteiger partial charge in [0.15, 0.2) is 0 Å². The molecule has 3 rings (SSSR count). The molecule has 128 valence electrons. The Bertz CT molecular complexity index is 848. The van der Waals surface area contributed by atoms with Crippen LogP contribution < -0.4 is 5.14 Å². The van der Waals surface area contributed by atoms with Crippen molar-refractivity contribution in [2.24, 2.45) is 12.2 Å². The number of morpholine rings is 1. The largest absolute Gasteiger partial charge is 0.366 e. The Kier molecular flexibility index (Phi) is 4.30. The van der Waals surface area contributed by atoms with Gasteiger partial charge in [-0.3, -0.25) is 4.79 Å². The quantitative estimate of drug-likeness (QED) is 0.754. The third-order valence-corrected chi connectivity index (χ3v) is 4.52. The summed E-state index contributed by atoms with van der Waals surface area (Å²) in [7, 11) is -2.14. The molecule has 2 heterocycles. The van der Waals surface area contributed by atoms with Crippen molar-refractivity contribution in [3.63, 3.8) is 0 Å². The first-order valence-electron chi connectivity index (χ1n) is 7.12. The average Bonchev–Trinajstić information content (AvgIpc) is 3.00. The van der Waals surface area contributed by atoms with Crippen LogP contribution in [0.1, 0.15) is 22.3 Å². The Morgan fingerprint density at radius 1 is 1.33 bits per heavy atom.